The molecule has 0 saturated carbocycles. The van der Waals surface area contributed by atoms with Crippen LogP contribution in [0.5, 0.6) is 0 Å². The number of halogens is 1. The van der Waals surface area contributed by atoms with Gasteiger partial charge in [0.25, 0.3) is 0 Å². The Bertz CT molecular complexity index is 506. The van der Waals surface area contributed by atoms with E-state index >= 15 is 0 Å². The molecule has 1 fully saturated rings. The van der Waals surface area contributed by atoms with Crippen molar-refractivity contribution in [1.82, 2.24) is 0 Å². The molecule has 1 aromatic carbocycles. The molecule has 1 atom stereocenters. The Labute approximate surface area is 123 Å². The van der Waals surface area contributed by atoms with E-state index in [1.54, 1.807) is 30.0 Å². The van der Waals surface area contributed by atoms with Crippen LogP contribution in [0.1, 0.15) is 20.3 Å². The highest BCUT2D eigenvalue weighted by atomic mass is 32.2. The summed E-state index contributed by atoms with van der Waals surface area (Å²) in [5.74, 6) is 0.868. The largest absolute Gasteiger partial charge is 0.467 e. The fourth-order valence-electron chi connectivity index (χ4n) is 2.70. The minimum absolute atomic E-state index is 0.00460. The standard InChI is InChI=1S/C15H20FNO2S/c1-14(2)8-15(10-20-9-14,13(18)19-3)17-12-7-5-4-6-11(12)16/h4-7,17H,8-10H2,1-3H3. The summed E-state index contributed by atoms with van der Waals surface area (Å²) in [6.07, 6.45) is 0.619. The van der Waals surface area contributed by atoms with Crippen molar-refractivity contribution in [3.05, 3.63) is 30.1 Å². The van der Waals surface area contributed by atoms with E-state index in [9.17, 15) is 9.18 Å². The number of carbonyl (C=O) groups excluding carboxylic acids is 1. The third-order valence-electron chi connectivity index (χ3n) is 3.45. The first-order valence-electron chi connectivity index (χ1n) is 6.57. The van der Waals surface area contributed by atoms with Gasteiger partial charge in [0.2, 0.25) is 0 Å². The molecule has 1 N–H and O–H groups in total. The first-order chi connectivity index (χ1) is 9.38. The molecule has 1 unspecified atom stereocenters. The van der Waals surface area contributed by atoms with Crippen molar-refractivity contribution < 1.29 is 13.9 Å². The number of carbonyl (C=O) groups is 1. The molecular formula is C15H20FNO2S. The molecule has 0 spiro atoms. The number of methoxy groups -OCH3 is 1. The predicted octanol–water partition coefficient (Wildman–Crippen LogP) is 3.31. The molecule has 1 aliphatic heterocycles. The van der Waals surface area contributed by atoms with Crippen molar-refractivity contribution in [1.29, 1.82) is 0 Å². The van der Waals surface area contributed by atoms with E-state index in [0.717, 1.165) is 5.75 Å². The smallest absolute Gasteiger partial charge is 0.332 e. The number of ether oxygens (including phenoxy) is 1. The molecule has 0 bridgehead atoms. The highest BCUT2D eigenvalue weighted by Gasteiger charge is 2.47. The van der Waals surface area contributed by atoms with Crippen molar-refractivity contribution in [2.24, 2.45) is 5.41 Å². The minimum Gasteiger partial charge on any atom is -0.467 e. The Balaban J connectivity index is 2.33. The molecule has 0 radical (unpaired) electrons. The van der Waals surface area contributed by atoms with Gasteiger partial charge in [-0.25, -0.2) is 9.18 Å². The average molecular weight is 297 g/mol. The maximum atomic E-state index is 13.9. The first-order valence-corrected chi connectivity index (χ1v) is 7.73. The summed E-state index contributed by atoms with van der Waals surface area (Å²) in [6, 6.07) is 6.41. The molecular weight excluding hydrogens is 277 g/mol. The van der Waals surface area contributed by atoms with Crippen molar-refractivity contribution >= 4 is 23.4 Å². The van der Waals surface area contributed by atoms with Gasteiger partial charge in [0, 0.05) is 5.75 Å². The Kier molecular flexibility index (Phi) is 4.28. The molecule has 5 heteroatoms. The molecule has 20 heavy (non-hydrogen) atoms. The van der Waals surface area contributed by atoms with Gasteiger partial charge in [-0.15, -0.1) is 0 Å². The predicted molar refractivity (Wildman–Crippen MR) is 80.5 cm³/mol. The van der Waals surface area contributed by atoms with Crippen LogP contribution >= 0.6 is 11.8 Å². The second-order valence-corrected chi connectivity index (χ2v) is 7.00. The minimum atomic E-state index is -0.872. The van der Waals surface area contributed by atoms with Crippen LogP contribution in [-0.4, -0.2) is 30.1 Å². The van der Waals surface area contributed by atoms with E-state index in [4.69, 9.17) is 4.74 Å². The number of rotatable bonds is 3. The van der Waals surface area contributed by atoms with Crippen LogP contribution in [-0.2, 0) is 9.53 Å². The van der Waals surface area contributed by atoms with Gasteiger partial charge >= 0.3 is 5.97 Å². The fraction of sp³-hybridized carbons (Fsp3) is 0.533. The summed E-state index contributed by atoms with van der Waals surface area (Å²) >= 11 is 1.69. The molecule has 0 amide bonds. The summed E-state index contributed by atoms with van der Waals surface area (Å²) in [7, 11) is 1.37. The molecule has 1 saturated heterocycles. The number of nitrogens with one attached hydrogen (secondary N) is 1. The van der Waals surface area contributed by atoms with E-state index in [-0.39, 0.29) is 17.2 Å². The highest BCUT2D eigenvalue weighted by molar-refractivity contribution is 7.99. The fourth-order valence-corrected chi connectivity index (χ4v) is 4.10. The maximum absolute atomic E-state index is 13.9. The van der Waals surface area contributed by atoms with Gasteiger partial charge in [-0.05, 0) is 29.7 Å². The lowest BCUT2D eigenvalue weighted by atomic mass is 9.79. The molecule has 0 aliphatic carbocycles. The second kappa shape index (κ2) is 5.64. The Morgan fingerprint density at radius 2 is 2.05 bits per heavy atom. The van der Waals surface area contributed by atoms with Crippen LogP contribution < -0.4 is 5.32 Å². The summed E-state index contributed by atoms with van der Waals surface area (Å²) < 4.78 is 18.8. The van der Waals surface area contributed by atoms with Crippen molar-refractivity contribution in [3.63, 3.8) is 0 Å². The number of hydrogen-bond acceptors (Lipinski definition) is 4. The normalized spacial score (nSPS) is 25.0. The number of anilines is 1. The Morgan fingerprint density at radius 1 is 1.35 bits per heavy atom. The van der Waals surface area contributed by atoms with Gasteiger partial charge in [0.1, 0.15) is 11.4 Å². The van der Waals surface area contributed by atoms with Crippen LogP contribution in [0.15, 0.2) is 24.3 Å². The van der Waals surface area contributed by atoms with E-state index < -0.39 is 5.54 Å². The lowest BCUT2D eigenvalue weighted by Crippen LogP contribution is -2.55. The highest BCUT2D eigenvalue weighted by Crippen LogP contribution is 2.41. The third-order valence-corrected chi connectivity index (χ3v) is 5.13. The lowest BCUT2D eigenvalue weighted by Gasteiger charge is -2.43. The number of thioether (sulfide) groups is 1. The van der Waals surface area contributed by atoms with Gasteiger partial charge in [-0.2, -0.15) is 11.8 Å². The average Bonchev–Trinajstić information content (AvgIpc) is 2.39. The van der Waals surface area contributed by atoms with Gasteiger partial charge in [0.15, 0.2) is 0 Å². The van der Waals surface area contributed by atoms with Gasteiger partial charge in [-0.3, -0.25) is 0 Å². The van der Waals surface area contributed by atoms with Gasteiger partial charge in [-0.1, -0.05) is 26.0 Å². The van der Waals surface area contributed by atoms with E-state index in [1.807, 2.05) is 0 Å². The lowest BCUT2D eigenvalue weighted by molar-refractivity contribution is -0.146. The van der Waals surface area contributed by atoms with Crippen LogP contribution in [0, 0.1) is 11.2 Å². The van der Waals surface area contributed by atoms with Gasteiger partial charge in [0.05, 0.1) is 12.8 Å². The van der Waals surface area contributed by atoms with Crippen LogP contribution in [0.25, 0.3) is 0 Å². The monoisotopic (exact) mass is 297 g/mol. The van der Waals surface area contributed by atoms with Crippen molar-refractivity contribution in [2.75, 3.05) is 23.9 Å². The van der Waals surface area contributed by atoms with E-state index in [2.05, 4.69) is 19.2 Å². The molecule has 0 aromatic heterocycles. The summed E-state index contributed by atoms with van der Waals surface area (Å²) in [6.45, 7) is 4.22. The zero-order valence-corrected chi connectivity index (χ0v) is 12.8. The summed E-state index contributed by atoms with van der Waals surface area (Å²) in [5, 5.41) is 3.10. The molecule has 2 rings (SSSR count). The molecule has 1 aromatic rings. The quantitative estimate of drug-likeness (QED) is 0.869. The number of esters is 1. The number of para-hydroxylation sites is 1. The molecule has 1 aliphatic rings. The van der Waals surface area contributed by atoms with Crippen molar-refractivity contribution in [2.45, 2.75) is 25.8 Å². The molecule has 1 heterocycles. The van der Waals surface area contributed by atoms with E-state index in [1.165, 1.54) is 13.2 Å². The van der Waals surface area contributed by atoms with Gasteiger partial charge < -0.3 is 10.1 Å². The van der Waals surface area contributed by atoms with E-state index in [0.29, 0.717) is 17.9 Å². The van der Waals surface area contributed by atoms with Crippen LogP contribution in [0.2, 0.25) is 0 Å². The zero-order chi connectivity index (χ0) is 14.8. The third kappa shape index (κ3) is 3.08. The number of hydrogen-bond donors (Lipinski definition) is 1. The Morgan fingerprint density at radius 3 is 2.65 bits per heavy atom. The zero-order valence-electron chi connectivity index (χ0n) is 12.0. The maximum Gasteiger partial charge on any atom is 0.332 e. The van der Waals surface area contributed by atoms with Crippen LogP contribution in [0.4, 0.5) is 10.1 Å². The Hall–Kier alpha value is -1.23. The van der Waals surface area contributed by atoms with Crippen LogP contribution in [0.3, 0.4) is 0 Å². The number of benzene rings is 1. The molecule has 110 valence electrons. The second-order valence-electron chi connectivity index (χ2n) is 6.01. The SMILES string of the molecule is COC(=O)C1(Nc2ccccc2F)CSCC(C)(C)C1. The molecule has 3 nitrogen and oxygen atoms in total. The summed E-state index contributed by atoms with van der Waals surface area (Å²) in [5.41, 5.74) is -0.533. The first kappa shape index (κ1) is 15.2. The topological polar surface area (TPSA) is 38.3 Å². The van der Waals surface area contributed by atoms with Crippen molar-refractivity contribution in [3.8, 4) is 0 Å². The summed E-state index contributed by atoms with van der Waals surface area (Å²) in [4.78, 5) is 12.3.